The van der Waals surface area contributed by atoms with Gasteiger partial charge in [0, 0.05) is 12.7 Å². The van der Waals surface area contributed by atoms with Gasteiger partial charge in [-0.2, -0.15) is 5.10 Å². The predicted molar refractivity (Wildman–Crippen MR) is 87.3 cm³/mol. The average Bonchev–Trinajstić information content (AvgIpc) is 3.15. The summed E-state index contributed by atoms with van der Waals surface area (Å²) >= 11 is 0. The van der Waals surface area contributed by atoms with Gasteiger partial charge in [-0.05, 0) is 38.1 Å². The lowest BCUT2D eigenvalue weighted by molar-refractivity contribution is 0.0519. The summed E-state index contributed by atoms with van der Waals surface area (Å²) in [6.45, 7) is 4.09. The average molecular weight is 313 g/mol. The molecule has 120 valence electrons. The smallest absolute Gasteiger partial charge is 0.358 e. The van der Waals surface area contributed by atoms with Gasteiger partial charge in [-0.3, -0.25) is 5.10 Å². The minimum atomic E-state index is -0.419. The van der Waals surface area contributed by atoms with Gasteiger partial charge in [0.25, 0.3) is 0 Å². The molecule has 0 bridgehead atoms. The van der Waals surface area contributed by atoms with Crippen LogP contribution in [0.15, 0.2) is 30.6 Å². The highest BCUT2D eigenvalue weighted by atomic mass is 16.5. The molecule has 0 fully saturated rings. The number of imidazole rings is 1. The van der Waals surface area contributed by atoms with Crippen molar-refractivity contribution in [3.05, 3.63) is 42.0 Å². The Morgan fingerprint density at radius 1 is 1.43 bits per heavy atom. The maximum absolute atomic E-state index is 11.7. The molecule has 0 spiro atoms. The quantitative estimate of drug-likeness (QED) is 0.707. The summed E-state index contributed by atoms with van der Waals surface area (Å²) in [5.74, 6) is -0.419. The number of nitrogens with zero attached hydrogens (tertiary/aromatic N) is 3. The Bertz CT molecular complexity index is 836. The van der Waals surface area contributed by atoms with Crippen LogP contribution in [0, 0.1) is 0 Å². The second-order valence-electron chi connectivity index (χ2n) is 5.35. The van der Waals surface area contributed by atoms with Gasteiger partial charge < -0.3 is 14.6 Å². The van der Waals surface area contributed by atoms with Gasteiger partial charge in [0.2, 0.25) is 0 Å². The summed E-state index contributed by atoms with van der Waals surface area (Å²) in [6, 6.07) is 7.69. The SMILES string of the molecule is CCOC(=O)c1cc(C(C)Nc2ccc3c(c2)ncn3C)[nH]n1. The van der Waals surface area contributed by atoms with Crippen LogP contribution in [0.3, 0.4) is 0 Å². The fraction of sp³-hybridized carbons (Fsp3) is 0.312. The van der Waals surface area contributed by atoms with Crippen LogP contribution in [0.4, 0.5) is 5.69 Å². The van der Waals surface area contributed by atoms with Gasteiger partial charge in [0.1, 0.15) is 0 Å². The van der Waals surface area contributed by atoms with E-state index >= 15 is 0 Å². The zero-order valence-corrected chi connectivity index (χ0v) is 13.3. The molecule has 0 aliphatic heterocycles. The molecular weight excluding hydrogens is 294 g/mol. The van der Waals surface area contributed by atoms with E-state index < -0.39 is 5.97 Å². The molecular formula is C16H19N5O2. The van der Waals surface area contributed by atoms with Gasteiger partial charge >= 0.3 is 5.97 Å². The van der Waals surface area contributed by atoms with Crippen molar-refractivity contribution in [2.45, 2.75) is 19.9 Å². The maximum Gasteiger partial charge on any atom is 0.358 e. The van der Waals surface area contributed by atoms with E-state index in [-0.39, 0.29) is 11.7 Å². The number of benzene rings is 1. The minimum Gasteiger partial charge on any atom is -0.461 e. The third kappa shape index (κ3) is 3.03. The van der Waals surface area contributed by atoms with Gasteiger partial charge in [0.15, 0.2) is 5.69 Å². The number of nitrogens with one attached hydrogen (secondary N) is 2. The van der Waals surface area contributed by atoms with Crippen LogP contribution >= 0.6 is 0 Å². The Hall–Kier alpha value is -2.83. The van der Waals surface area contributed by atoms with E-state index in [4.69, 9.17) is 4.74 Å². The van der Waals surface area contributed by atoms with E-state index in [1.807, 2.05) is 36.7 Å². The number of aromatic amines is 1. The number of hydrogen-bond acceptors (Lipinski definition) is 5. The fourth-order valence-electron chi connectivity index (χ4n) is 2.42. The van der Waals surface area contributed by atoms with Crippen molar-refractivity contribution >= 4 is 22.7 Å². The first-order valence-corrected chi connectivity index (χ1v) is 7.48. The summed E-state index contributed by atoms with van der Waals surface area (Å²) in [5, 5.41) is 10.2. The number of esters is 1. The topological polar surface area (TPSA) is 84.8 Å². The van der Waals surface area contributed by atoms with Crippen LogP contribution in [-0.4, -0.2) is 32.3 Å². The molecule has 7 nitrogen and oxygen atoms in total. The molecule has 23 heavy (non-hydrogen) atoms. The number of aryl methyl sites for hydroxylation is 1. The number of carbonyl (C=O) groups excluding carboxylic acids is 1. The van der Waals surface area contributed by atoms with Gasteiger partial charge in [-0.25, -0.2) is 9.78 Å². The highest BCUT2D eigenvalue weighted by molar-refractivity contribution is 5.87. The fourth-order valence-corrected chi connectivity index (χ4v) is 2.42. The predicted octanol–water partition coefficient (Wildman–Crippen LogP) is 2.65. The van der Waals surface area contributed by atoms with Crippen molar-refractivity contribution in [3.8, 4) is 0 Å². The summed E-state index contributed by atoms with van der Waals surface area (Å²) in [5.41, 5.74) is 4.07. The van der Waals surface area contributed by atoms with Crippen LogP contribution in [0.5, 0.6) is 0 Å². The molecule has 0 amide bonds. The first-order chi connectivity index (χ1) is 11.1. The van der Waals surface area contributed by atoms with Crippen molar-refractivity contribution in [2.24, 2.45) is 7.05 Å². The van der Waals surface area contributed by atoms with Crippen molar-refractivity contribution in [2.75, 3.05) is 11.9 Å². The normalized spacial score (nSPS) is 12.3. The molecule has 0 aliphatic carbocycles. The third-order valence-corrected chi connectivity index (χ3v) is 3.66. The maximum atomic E-state index is 11.7. The molecule has 1 aromatic carbocycles. The molecule has 1 atom stereocenters. The van der Waals surface area contributed by atoms with Crippen molar-refractivity contribution in [1.82, 2.24) is 19.7 Å². The molecule has 0 aliphatic rings. The number of aromatic nitrogens is 4. The number of ether oxygens (including phenoxy) is 1. The van der Waals surface area contributed by atoms with E-state index in [2.05, 4.69) is 20.5 Å². The lowest BCUT2D eigenvalue weighted by atomic mass is 10.2. The highest BCUT2D eigenvalue weighted by Crippen LogP contribution is 2.22. The third-order valence-electron chi connectivity index (χ3n) is 3.66. The molecule has 2 heterocycles. The summed E-state index contributed by atoms with van der Waals surface area (Å²) in [6.07, 6.45) is 1.79. The van der Waals surface area contributed by atoms with E-state index in [1.54, 1.807) is 19.3 Å². The molecule has 3 rings (SSSR count). The lowest BCUT2D eigenvalue weighted by Crippen LogP contribution is -2.07. The number of H-pyrrole nitrogens is 1. The van der Waals surface area contributed by atoms with E-state index in [0.717, 1.165) is 22.4 Å². The number of rotatable bonds is 5. The van der Waals surface area contributed by atoms with E-state index in [1.165, 1.54) is 0 Å². The zero-order valence-electron chi connectivity index (χ0n) is 13.3. The Balaban J connectivity index is 1.75. The first kappa shape index (κ1) is 15.1. The standard InChI is InChI=1S/C16H19N5O2/c1-4-23-16(22)14-8-12(19-20-14)10(2)18-11-5-6-15-13(7-11)17-9-21(15)3/h5-10,18H,4H2,1-3H3,(H,19,20). The van der Waals surface area contributed by atoms with Crippen molar-refractivity contribution < 1.29 is 9.53 Å². The van der Waals surface area contributed by atoms with Crippen LogP contribution in [-0.2, 0) is 11.8 Å². The molecule has 2 N–H and O–H groups in total. The highest BCUT2D eigenvalue weighted by Gasteiger charge is 2.15. The van der Waals surface area contributed by atoms with Crippen molar-refractivity contribution in [1.29, 1.82) is 0 Å². The first-order valence-electron chi connectivity index (χ1n) is 7.48. The van der Waals surface area contributed by atoms with Gasteiger partial charge in [-0.15, -0.1) is 0 Å². The van der Waals surface area contributed by atoms with Crippen molar-refractivity contribution in [3.63, 3.8) is 0 Å². The lowest BCUT2D eigenvalue weighted by Gasteiger charge is -2.13. The molecule has 2 aromatic heterocycles. The number of carbonyl (C=O) groups is 1. The molecule has 0 saturated heterocycles. The minimum absolute atomic E-state index is 0.0353. The molecule has 7 heteroatoms. The summed E-state index contributed by atoms with van der Waals surface area (Å²) in [7, 11) is 1.96. The monoisotopic (exact) mass is 313 g/mol. The van der Waals surface area contributed by atoms with Crippen LogP contribution < -0.4 is 5.32 Å². The van der Waals surface area contributed by atoms with Gasteiger partial charge in [0.05, 0.1) is 35.7 Å². The second-order valence-corrected chi connectivity index (χ2v) is 5.35. The number of hydrogen-bond donors (Lipinski definition) is 2. The summed E-state index contributed by atoms with van der Waals surface area (Å²) in [4.78, 5) is 16.0. The Labute approximate surface area is 133 Å². The number of fused-ring (bicyclic) bond motifs is 1. The van der Waals surface area contributed by atoms with Crippen LogP contribution in [0.25, 0.3) is 11.0 Å². The largest absolute Gasteiger partial charge is 0.461 e. The Kier molecular flexibility index (Phi) is 4.01. The van der Waals surface area contributed by atoms with Gasteiger partial charge in [-0.1, -0.05) is 0 Å². The second kappa shape index (κ2) is 6.12. The molecule has 3 aromatic rings. The number of anilines is 1. The molecule has 0 radical (unpaired) electrons. The van der Waals surface area contributed by atoms with E-state index in [0.29, 0.717) is 6.61 Å². The Morgan fingerprint density at radius 2 is 2.26 bits per heavy atom. The summed E-state index contributed by atoms with van der Waals surface area (Å²) < 4.78 is 6.91. The zero-order chi connectivity index (χ0) is 16.4. The molecule has 1 unspecified atom stereocenters. The molecule has 0 saturated carbocycles. The van der Waals surface area contributed by atoms with Crippen LogP contribution in [0.1, 0.15) is 36.1 Å². The van der Waals surface area contributed by atoms with E-state index in [9.17, 15) is 4.79 Å². The van der Waals surface area contributed by atoms with Crippen LogP contribution in [0.2, 0.25) is 0 Å². The Morgan fingerprint density at radius 3 is 3.04 bits per heavy atom.